The molecule has 4 aromatic rings. The van der Waals surface area contributed by atoms with Crippen LogP contribution in [0.2, 0.25) is 0 Å². The third kappa shape index (κ3) is 10.1. The van der Waals surface area contributed by atoms with Crippen LogP contribution in [-0.2, 0) is 50.1 Å². The number of carbonyl (C=O) groups is 2. The molecule has 5 atom stereocenters. The van der Waals surface area contributed by atoms with Crippen LogP contribution < -0.4 is 14.8 Å². The predicted octanol–water partition coefficient (Wildman–Crippen LogP) is 7.32. The topological polar surface area (TPSA) is 170 Å². The summed E-state index contributed by atoms with van der Waals surface area (Å²) in [5, 5.41) is 24.6. The van der Waals surface area contributed by atoms with Crippen molar-refractivity contribution >= 4 is 33.4 Å². The first-order chi connectivity index (χ1) is 29.5. The second-order valence-corrected chi connectivity index (χ2v) is 19.9. The van der Waals surface area contributed by atoms with E-state index in [9.17, 15) is 37.0 Å². The fourth-order valence-electron chi connectivity index (χ4n) is 8.51. The van der Waals surface area contributed by atoms with Crippen LogP contribution in [0.4, 0.5) is 13.6 Å². The van der Waals surface area contributed by atoms with Gasteiger partial charge in [-0.05, 0) is 103 Å². The molecular weight excluding hydrogens is 847 g/mol. The minimum Gasteiger partial charge on any atom is -0.497 e. The van der Waals surface area contributed by atoms with E-state index in [0.717, 1.165) is 34.4 Å². The summed E-state index contributed by atoms with van der Waals surface area (Å²) in [7, 11) is -3.13. The highest BCUT2D eigenvalue weighted by Gasteiger charge is 2.53. The second-order valence-electron chi connectivity index (χ2n) is 16.9. The zero-order valence-corrected chi connectivity index (χ0v) is 36.6. The van der Waals surface area contributed by atoms with Crippen molar-refractivity contribution in [2.24, 2.45) is 11.3 Å². The van der Waals surface area contributed by atoms with Gasteiger partial charge < -0.3 is 39.2 Å². The zero-order valence-electron chi connectivity index (χ0n) is 35.0. The van der Waals surface area contributed by atoms with E-state index < -0.39 is 65.6 Å². The normalized spacial score (nSPS) is 21.6. The van der Waals surface area contributed by atoms with Crippen LogP contribution in [0.3, 0.4) is 0 Å². The molecule has 3 heterocycles. The largest absolute Gasteiger partial charge is 0.497 e. The van der Waals surface area contributed by atoms with Gasteiger partial charge >= 0.3 is 12.1 Å². The second kappa shape index (κ2) is 18.6. The number of carboxylic acids is 1. The number of alkyl carbamates (subject to hydrolysis) is 1. The highest BCUT2D eigenvalue weighted by Crippen LogP contribution is 2.46. The molecule has 0 saturated carbocycles. The van der Waals surface area contributed by atoms with Crippen LogP contribution in [0.1, 0.15) is 65.5 Å². The number of halogens is 2. The molecule has 1 amide bonds. The van der Waals surface area contributed by atoms with Gasteiger partial charge in [-0.25, -0.2) is 26.8 Å². The lowest BCUT2D eigenvalue weighted by Crippen LogP contribution is -2.52. The molecule has 62 heavy (non-hydrogen) atoms. The summed E-state index contributed by atoms with van der Waals surface area (Å²) in [6.45, 7) is 4.77. The molecule has 0 radical (unpaired) electrons. The first-order valence-corrected chi connectivity index (χ1v) is 22.8. The van der Waals surface area contributed by atoms with Crippen LogP contribution in [0.15, 0.2) is 77.7 Å². The fraction of sp³-hybridized carbons (Fsp3) is 0.467. The highest BCUT2D eigenvalue weighted by atomic mass is 32.2. The summed E-state index contributed by atoms with van der Waals surface area (Å²) in [6.07, 6.45) is -3.24. The summed E-state index contributed by atoms with van der Waals surface area (Å²) >= 11 is 1.53. The smallest absolute Gasteiger partial charge is 0.407 e. The molecule has 7 rings (SSSR count). The number of amides is 1. The first-order valence-electron chi connectivity index (χ1n) is 20.5. The average Bonchev–Trinajstić information content (AvgIpc) is 3.90. The van der Waals surface area contributed by atoms with E-state index >= 15 is 0 Å². The molecule has 2 aliphatic heterocycles. The number of aliphatic hydroxyl groups is 1. The van der Waals surface area contributed by atoms with E-state index in [-0.39, 0.29) is 35.9 Å². The Balaban J connectivity index is 1.08. The van der Waals surface area contributed by atoms with Crippen molar-refractivity contribution in [1.29, 1.82) is 0 Å². The van der Waals surface area contributed by atoms with Gasteiger partial charge in [-0.3, -0.25) is 0 Å². The van der Waals surface area contributed by atoms with Crippen molar-refractivity contribution in [3.8, 4) is 21.9 Å². The Labute approximate surface area is 364 Å². The van der Waals surface area contributed by atoms with E-state index in [1.54, 1.807) is 31.2 Å². The zero-order chi connectivity index (χ0) is 44.4. The number of ether oxygens (including phenoxy) is 5. The summed E-state index contributed by atoms with van der Waals surface area (Å²) < 4.78 is 84.2. The van der Waals surface area contributed by atoms with Crippen molar-refractivity contribution in [2.75, 3.05) is 33.4 Å². The highest BCUT2D eigenvalue weighted by molar-refractivity contribution is 7.89. The number of aromatic carboxylic acids is 1. The first kappa shape index (κ1) is 45.4. The number of carbonyl (C=O) groups excluding carboxylic acids is 1. The Hall–Kier alpha value is -4.65. The van der Waals surface area contributed by atoms with Gasteiger partial charge in [0, 0.05) is 16.3 Å². The lowest BCUT2D eigenvalue weighted by atomic mass is 9.76. The average molecular weight is 899 g/mol. The molecule has 13 nitrogen and oxygen atoms in total. The summed E-state index contributed by atoms with van der Waals surface area (Å²) in [5.74, 6) is -1.23. The molecule has 334 valence electrons. The number of methoxy groups -OCH3 is 1. The molecule has 3 aromatic carbocycles. The quantitative estimate of drug-likeness (QED) is 0.0971. The van der Waals surface area contributed by atoms with E-state index in [1.807, 2.05) is 24.3 Å². The van der Waals surface area contributed by atoms with Gasteiger partial charge in [0.15, 0.2) is 5.79 Å². The standard InChI is InChI=1S/C45H52F2N2O11S2/c1-44(2)19-17-38-33(22-44)40(42(51)52)41(61-38)32-8-6-5-7-28(32)25-57-30-11-9-27(10-12-30)21-35(48-43(53)60-37-26-59-45(3)34(37)18-20-58-45)36(50)23-49(24-39(46)47)62(54,55)31-15-13-29(56-4)14-16-31/h5-16,34-37,39,50H,17-26H2,1-4H3,(H,48,53)(H,51,52)/t34-,35-,36+,37-,45+/m0/s1. The molecule has 0 spiro atoms. The van der Waals surface area contributed by atoms with Crippen molar-refractivity contribution in [3.05, 3.63) is 99.9 Å². The number of benzene rings is 3. The van der Waals surface area contributed by atoms with Crippen LogP contribution in [0.25, 0.3) is 10.4 Å². The van der Waals surface area contributed by atoms with Crippen molar-refractivity contribution in [3.63, 3.8) is 0 Å². The third-order valence-electron chi connectivity index (χ3n) is 12.0. The van der Waals surface area contributed by atoms with Crippen LogP contribution in [0.5, 0.6) is 11.5 Å². The van der Waals surface area contributed by atoms with E-state index in [0.29, 0.717) is 51.3 Å². The van der Waals surface area contributed by atoms with Gasteiger partial charge in [-0.15, -0.1) is 11.3 Å². The van der Waals surface area contributed by atoms with Gasteiger partial charge in [0.25, 0.3) is 6.43 Å². The Bertz CT molecular complexity index is 2340. The molecule has 2 saturated heterocycles. The minimum absolute atomic E-state index is 0.00747. The molecule has 3 aliphatic rings. The maximum atomic E-state index is 13.9. The molecule has 17 heteroatoms. The van der Waals surface area contributed by atoms with Crippen LogP contribution in [-0.4, -0.2) is 98.9 Å². The lowest BCUT2D eigenvalue weighted by molar-refractivity contribution is -0.181. The van der Waals surface area contributed by atoms with Gasteiger partial charge in [0.05, 0.1) is 55.4 Å². The molecule has 3 N–H and O–H groups in total. The maximum absolute atomic E-state index is 13.9. The number of aliphatic hydroxyl groups excluding tert-OH is 1. The number of aryl methyl sites for hydroxylation is 1. The molecule has 1 aromatic heterocycles. The van der Waals surface area contributed by atoms with Crippen LogP contribution in [0, 0.1) is 11.3 Å². The molecule has 0 unspecified atom stereocenters. The number of rotatable bonds is 17. The number of alkyl halides is 2. The van der Waals surface area contributed by atoms with Gasteiger partial charge in [-0.2, -0.15) is 4.31 Å². The number of carboxylic acid groups (broad SMARTS) is 1. The summed E-state index contributed by atoms with van der Waals surface area (Å²) in [5.41, 5.74) is 3.45. The SMILES string of the molecule is COc1ccc(S(=O)(=O)N(CC(F)F)C[C@@H](O)[C@H](Cc2ccc(OCc3ccccc3-c3sc4c(c3C(=O)O)CC(C)(C)CC4)cc2)NC(=O)O[C@H]2CO[C@@]3(C)OCC[C@@H]23)cc1. The summed E-state index contributed by atoms with van der Waals surface area (Å²) in [4.78, 5) is 27.6. The maximum Gasteiger partial charge on any atom is 0.407 e. The molecule has 0 bridgehead atoms. The minimum atomic E-state index is -4.54. The molecular formula is C45H52F2N2O11S2. The number of sulfonamides is 1. The Morgan fingerprint density at radius 1 is 1.00 bits per heavy atom. The number of nitrogens with zero attached hydrogens (tertiary/aromatic N) is 1. The number of fused-ring (bicyclic) bond motifs is 2. The van der Waals surface area contributed by atoms with Gasteiger partial charge in [0.1, 0.15) is 24.2 Å². The lowest BCUT2D eigenvalue weighted by Gasteiger charge is -2.30. The van der Waals surface area contributed by atoms with Crippen molar-refractivity contribution in [2.45, 2.75) is 94.8 Å². The number of thiophene rings is 1. The summed E-state index contributed by atoms with van der Waals surface area (Å²) in [6, 6.07) is 18.4. The van der Waals surface area contributed by atoms with E-state index in [1.165, 1.54) is 42.7 Å². The third-order valence-corrected chi connectivity index (χ3v) is 15.1. The van der Waals surface area contributed by atoms with Crippen molar-refractivity contribution in [1.82, 2.24) is 9.62 Å². The predicted molar refractivity (Wildman–Crippen MR) is 226 cm³/mol. The van der Waals surface area contributed by atoms with Gasteiger partial charge in [0.2, 0.25) is 10.0 Å². The van der Waals surface area contributed by atoms with Crippen molar-refractivity contribution < 1.29 is 60.7 Å². The number of nitrogens with one attached hydrogen (secondary N) is 1. The fourth-order valence-corrected chi connectivity index (χ4v) is 11.3. The molecule has 2 fully saturated rings. The Morgan fingerprint density at radius 3 is 2.40 bits per heavy atom. The number of hydrogen-bond acceptors (Lipinski definition) is 11. The van der Waals surface area contributed by atoms with E-state index in [4.69, 9.17) is 23.7 Å². The Morgan fingerprint density at radius 2 is 1.71 bits per heavy atom. The van der Waals surface area contributed by atoms with E-state index in [2.05, 4.69) is 19.2 Å². The van der Waals surface area contributed by atoms with Crippen LogP contribution >= 0.6 is 11.3 Å². The van der Waals surface area contributed by atoms with Gasteiger partial charge in [-0.1, -0.05) is 50.2 Å². The monoisotopic (exact) mass is 898 g/mol. The Kier molecular flexibility index (Phi) is 13.6. The molecule has 1 aliphatic carbocycles. The number of hydrogen-bond donors (Lipinski definition) is 3.